The molecule has 2 aromatic heterocycles. The highest BCUT2D eigenvalue weighted by atomic mass is 19.1. The van der Waals surface area contributed by atoms with Gasteiger partial charge in [-0.2, -0.15) is 10.2 Å². The molecule has 2 heterocycles. The van der Waals surface area contributed by atoms with E-state index in [0.717, 1.165) is 12.1 Å². The Kier molecular flexibility index (Phi) is 6.06. The average Bonchev–Trinajstić information content (AvgIpc) is 3.14. The molecular formula is C21H18F3N7. The van der Waals surface area contributed by atoms with Crippen LogP contribution >= 0.6 is 0 Å². The average molecular weight is 425 g/mol. The lowest BCUT2D eigenvalue weighted by atomic mass is 10.1. The fourth-order valence-electron chi connectivity index (χ4n) is 3.01. The summed E-state index contributed by atoms with van der Waals surface area (Å²) in [5.41, 5.74) is 11.2. The Morgan fingerprint density at radius 2 is 1.74 bits per heavy atom. The second-order valence-corrected chi connectivity index (χ2v) is 6.22. The normalized spacial score (nSPS) is 10.5. The Labute approximate surface area is 175 Å². The van der Waals surface area contributed by atoms with Crippen LogP contribution in [0.5, 0.6) is 0 Å². The number of hydrogen-bond acceptors (Lipinski definition) is 6. The molecule has 0 spiro atoms. The Bertz CT molecular complexity index is 1290. The second kappa shape index (κ2) is 8.71. The molecule has 158 valence electrons. The molecule has 0 radical (unpaired) electrons. The third kappa shape index (κ3) is 3.98. The van der Waals surface area contributed by atoms with Gasteiger partial charge in [0, 0.05) is 16.8 Å². The summed E-state index contributed by atoms with van der Waals surface area (Å²) < 4.78 is 44.4. The van der Waals surface area contributed by atoms with Crippen molar-refractivity contribution in [2.45, 2.75) is 20.4 Å². The van der Waals surface area contributed by atoms with E-state index in [2.05, 4.69) is 15.0 Å². The molecule has 4 aromatic rings. The molecular weight excluding hydrogens is 407 g/mol. The fraction of sp³-hybridized carbons (Fsp3) is 0.143. The summed E-state index contributed by atoms with van der Waals surface area (Å²) in [5.74, 6) is -2.60. The van der Waals surface area contributed by atoms with Crippen LogP contribution in [0.25, 0.3) is 22.4 Å². The minimum atomic E-state index is -0.820. The molecule has 0 aliphatic rings. The number of benzene rings is 2. The van der Waals surface area contributed by atoms with Crippen LogP contribution in [-0.2, 0) is 6.54 Å². The van der Waals surface area contributed by atoms with Crippen LogP contribution in [0.1, 0.15) is 25.0 Å². The van der Waals surface area contributed by atoms with E-state index < -0.39 is 17.5 Å². The van der Waals surface area contributed by atoms with Crippen molar-refractivity contribution in [2.75, 3.05) is 11.5 Å². The molecule has 0 fully saturated rings. The van der Waals surface area contributed by atoms with Crippen molar-refractivity contribution in [1.82, 2.24) is 19.5 Å². The molecule has 7 nitrogen and oxygen atoms in total. The molecule has 31 heavy (non-hydrogen) atoms. The van der Waals surface area contributed by atoms with E-state index in [1.807, 2.05) is 13.8 Å². The zero-order valence-electron chi connectivity index (χ0n) is 16.7. The molecule has 0 bridgehead atoms. The lowest BCUT2D eigenvalue weighted by Crippen LogP contribution is -2.07. The van der Waals surface area contributed by atoms with Crippen LogP contribution < -0.4 is 11.5 Å². The van der Waals surface area contributed by atoms with Gasteiger partial charge in [-0.3, -0.25) is 0 Å². The zero-order valence-corrected chi connectivity index (χ0v) is 16.7. The number of halogens is 3. The quantitative estimate of drug-likeness (QED) is 0.479. The minimum absolute atomic E-state index is 0.0123. The molecule has 0 amide bonds. The third-order valence-corrected chi connectivity index (χ3v) is 4.35. The lowest BCUT2D eigenvalue weighted by Gasteiger charge is -2.09. The van der Waals surface area contributed by atoms with Crippen LogP contribution in [0.4, 0.5) is 24.8 Å². The monoisotopic (exact) mass is 425 g/mol. The van der Waals surface area contributed by atoms with Crippen molar-refractivity contribution in [3.8, 4) is 17.3 Å². The van der Waals surface area contributed by atoms with Crippen LogP contribution in [0.2, 0.25) is 0 Å². The molecule has 10 heteroatoms. The van der Waals surface area contributed by atoms with Gasteiger partial charge in [-0.15, -0.1) is 0 Å². The van der Waals surface area contributed by atoms with Gasteiger partial charge >= 0.3 is 0 Å². The van der Waals surface area contributed by atoms with E-state index >= 15 is 0 Å². The second-order valence-electron chi connectivity index (χ2n) is 6.22. The first-order chi connectivity index (χ1) is 14.9. The standard InChI is InChI=1S/C19H12F3N7.C2H6/c20-13-4-10(24)5-14(21)12(13)7-29-8-26-17-16(27-19(25)28-18(17)29)11-3-1-2-9(6-23)15(11)22;1-2/h1-5,8H,7,24H2,(H2,25,27,28);1-2H3. The van der Waals surface area contributed by atoms with Gasteiger partial charge in [0.25, 0.3) is 0 Å². The number of nitrogens with two attached hydrogens (primary N) is 2. The number of nitriles is 1. The molecule has 0 saturated heterocycles. The SMILES string of the molecule is CC.N#Cc1cccc(-c2nc(N)nc3c2ncn3Cc2c(F)cc(N)cc2F)c1F. The molecule has 2 aromatic carbocycles. The van der Waals surface area contributed by atoms with Gasteiger partial charge in [-0.05, 0) is 24.3 Å². The van der Waals surface area contributed by atoms with Crippen LogP contribution in [0, 0.1) is 28.8 Å². The Morgan fingerprint density at radius 1 is 1.06 bits per heavy atom. The molecule has 0 aliphatic heterocycles. The third-order valence-electron chi connectivity index (χ3n) is 4.35. The maximum absolute atomic E-state index is 14.6. The van der Waals surface area contributed by atoms with Crippen molar-refractivity contribution < 1.29 is 13.2 Å². The van der Waals surface area contributed by atoms with Gasteiger partial charge in [0.05, 0.1) is 18.4 Å². The van der Waals surface area contributed by atoms with Gasteiger partial charge in [-0.1, -0.05) is 19.9 Å². The highest BCUT2D eigenvalue weighted by Crippen LogP contribution is 2.30. The van der Waals surface area contributed by atoms with E-state index in [-0.39, 0.29) is 51.7 Å². The van der Waals surface area contributed by atoms with E-state index in [1.54, 1.807) is 6.07 Å². The van der Waals surface area contributed by atoms with E-state index in [1.165, 1.54) is 29.1 Å². The van der Waals surface area contributed by atoms with Crippen LogP contribution in [0.15, 0.2) is 36.7 Å². The molecule has 0 saturated carbocycles. The number of fused-ring (bicyclic) bond motifs is 1. The number of rotatable bonds is 3. The summed E-state index contributed by atoms with van der Waals surface area (Å²) in [6, 6.07) is 8.02. The van der Waals surface area contributed by atoms with Crippen molar-refractivity contribution in [2.24, 2.45) is 0 Å². The van der Waals surface area contributed by atoms with Gasteiger partial charge in [-0.25, -0.2) is 23.1 Å². The first-order valence-electron chi connectivity index (χ1n) is 9.29. The number of nitrogens with zero attached hydrogens (tertiary/aromatic N) is 5. The molecule has 0 unspecified atom stereocenters. The number of imidazole rings is 1. The van der Waals surface area contributed by atoms with Crippen LogP contribution in [-0.4, -0.2) is 19.5 Å². The summed E-state index contributed by atoms with van der Waals surface area (Å²) in [7, 11) is 0. The topological polar surface area (TPSA) is 119 Å². The first kappa shape index (κ1) is 21.6. The van der Waals surface area contributed by atoms with Gasteiger partial charge in [0.15, 0.2) is 5.65 Å². The van der Waals surface area contributed by atoms with Gasteiger partial charge in [0.1, 0.15) is 34.7 Å². The Morgan fingerprint density at radius 3 is 2.39 bits per heavy atom. The number of hydrogen-bond donors (Lipinski definition) is 2. The van der Waals surface area contributed by atoms with Gasteiger partial charge in [0.2, 0.25) is 5.95 Å². The number of anilines is 2. The predicted octanol–water partition coefficient (Wildman–Crippen LogP) is 4.02. The maximum Gasteiger partial charge on any atom is 0.222 e. The maximum atomic E-state index is 14.6. The first-order valence-corrected chi connectivity index (χ1v) is 9.29. The van der Waals surface area contributed by atoms with Crippen molar-refractivity contribution in [3.05, 3.63) is 65.2 Å². The largest absolute Gasteiger partial charge is 0.399 e. The van der Waals surface area contributed by atoms with Crippen molar-refractivity contribution >= 4 is 22.8 Å². The summed E-state index contributed by atoms with van der Waals surface area (Å²) >= 11 is 0. The molecule has 0 aliphatic carbocycles. The summed E-state index contributed by atoms with van der Waals surface area (Å²) in [4.78, 5) is 12.3. The fourth-order valence-corrected chi connectivity index (χ4v) is 3.01. The lowest BCUT2D eigenvalue weighted by molar-refractivity contribution is 0.547. The van der Waals surface area contributed by atoms with Gasteiger partial charge < -0.3 is 16.0 Å². The highest BCUT2D eigenvalue weighted by molar-refractivity contribution is 5.88. The summed E-state index contributed by atoms with van der Waals surface area (Å²) in [5, 5.41) is 9.05. The van der Waals surface area contributed by atoms with Crippen molar-refractivity contribution in [3.63, 3.8) is 0 Å². The zero-order chi connectivity index (χ0) is 22.7. The smallest absolute Gasteiger partial charge is 0.222 e. The predicted molar refractivity (Wildman–Crippen MR) is 111 cm³/mol. The highest BCUT2D eigenvalue weighted by Gasteiger charge is 2.20. The Hall–Kier alpha value is -4.13. The number of aromatic nitrogens is 4. The van der Waals surface area contributed by atoms with Crippen molar-refractivity contribution in [1.29, 1.82) is 5.26 Å². The van der Waals surface area contributed by atoms with E-state index in [0.29, 0.717) is 0 Å². The molecule has 4 N–H and O–H groups in total. The van der Waals surface area contributed by atoms with Crippen LogP contribution in [0.3, 0.4) is 0 Å². The Balaban J connectivity index is 0.00000132. The minimum Gasteiger partial charge on any atom is -0.399 e. The molecule has 0 atom stereocenters. The summed E-state index contributed by atoms with van der Waals surface area (Å²) in [6.45, 7) is 3.76. The van der Waals surface area contributed by atoms with E-state index in [4.69, 9.17) is 16.7 Å². The number of nitrogen functional groups attached to an aromatic ring is 2. The summed E-state index contributed by atoms with van der Waals surface area (Å²) in [6.07, 6.45) is 1.30. The molecule has 4 rings (SSSR count). The van der Waals surface area contributed by atoms with E-state index in [9.17, 15) is 13.2 Å².